The van der Waals surface area contributed by atoms with Crippen LogP contribution in [0.15, 0.2) is 60.9 Å². The third kappa shape index (κ3) is 9.36. The van der Waals surface area contributed by atoms with Crippen LogP contribution in [-0.4, -0.2) is 159 Å². The predicted octanol–water partition coefficient (Wildman–Crippen LogP) is 6.46. The van der Waals surface area contributed by atoms with E-state index in [4.69, 9.17) is 9.97 Å². The molecule has 418 valence electrons. The van der Waals surface area contributed by atoms with E-state index >= 15 is 9.18 Å². The van der Waals surface area contributed by atoms with Crippen LogP contribution in [0.2, 0.25) is 0 Å². The molecule has 0 radical (unpaired) electrons. The Kier molecular flexibility index (Phi) is 13.8. The number of piperidine rings is 3. The normalized spacial score (nSPS) is 22.4. The van der Waals surface area contributed by atoms with Gasteiger partial charge in [0, 0.05) is 92.4 Å². The number of nitrogens with zero attached hydrogens (tertiary/aromatic N) is 9. The summed E-state index contributed by atoms with van der Waals surface area (Å²) in [6.07, 6.45) is 8.28. The van der Waals surface area contributed by atoms with Gasteiger partial charge in [-0.1, -0.05) is 18.6 Å². The number of hydrogen-bond donors (Lipinski definition) is 3. The molecule has 6 aliphatic heterocycles. The van der Waals surface area contributed by atoms with E-state index in [1.165, 1.54) is 31.4 Å². The molecule has 1 unspecified atom stereocenters. The van der Waals surface area contributed by atoms with E-state index in [1.54, 1.807) is 25.4 Å². The van der Waals surface area contributed by atoms with Crippen LogP contribution in [0.1, 0.15) is 134 Å². The molecular weight excluding hydrogens is 1020 g/mol. The summed E-state index contributed by atoms with van der Waals surface area (Å²) in [6.45, 7) is 15.2. The molecule has 20 heteroatoms. The number of rotatable bonds is 12. The number of hydrogen-bond acceptors (Lipinski definition) is 13. The lowest BCUT2D eigenvalue weighted by molar-refractivity contribution is -0.137. The molecule has 1 atom stereocenters. The number of fused-ring (bicyclic) bond motifs is 4. The Balaban J connectivity index is 0.764. The lowest BCUT2D eigenvalue weighted by Gasteiger charge is -2.48. The van der Waals surface area contributed by atoms with Crippen LogP contribution >= 0.6 is 0 Å². The van der Waals surface area contributed by atoms with E-state index in [1.807, 2.05) is 55.4 Å². The fourth-order valence-corrected chi connectivity index (χ4v) is 13.4. The zero-order chi connectivity index (χ0) is 55.9. The lowest BCUT2D eigenvalue weighted by Crippen LogP contribution is -2.58. The molecule has 1 spiro atoms. The van der Waals surface area contributed by atoms with Gasteiger partial charge in [-0.05, 0) is 146 Å². The number of likely N-dealkylation sites (tertiary alicyclic amines) is 2. The van der Waals surface area contributed by atoms with E-state index in [2.05, 4.69) is 47.7 Å². The Morgan fingerprint density at radius 1 is 0.812 bits per heavy atom. The summed E-state index contributed by atoms with van der Waals surface area (Å²) in [7, 11) is 0. The third-order valence-electron chi connectivity index (χ3n) is 17.9. The largest absolute Gasteiger partial charge is 0.369 e. The maximum absolute atomic E-state index is 15.9. The van der Waals surface area contributed by atoms with E-state index in [-0.39, 0.29) is 72.0 Å². The molecule has 12 rings (SSSR count). The van der Waals surface area contributed by atoms with Crippen molar-refractivity contribution in [3.8, 4) is 11.3 Å². The van der Waals surface area contributed by atoms with Crippen molar-refractivity contribution in [2.24, 2.45) is 0 Å². The summed E-state index contributed by atoms with van der Waals surface area (Å²) in [5.41, 5.74) is 5.94. The number of aryl methyl sites for hydroxylation is 1. The fraction of sp³-hybridized carbons (Fsp3) is 0.483. The highest BCUT2D eigenvalue weighted by Gasteiger charge is 2.56. The van der Waals surface area contributed by atoms with Gasteiger partial charge in [0.1, 0.15) is 17.4 Å². The number of halogens is 1. The van der Waals surface area contributed by atoms with Crippen LogP contribution in [0.3, 0.4) is 0 Å². The average molecular weight is 1090 g/mol. The number of imidazole rings is 1. The minimum Gasteiger partial charge on any atom is -0.369 e. The van der Waals surface area contributed by atoms with Crippen LogP contribution in [0.5, 0.6) is 0 Å². The molecule has 7 amide bonds. The number of benzene rings is 3. The Bertz CT molecular complexity index is 3380. The molecule has 4 saturated heterocycles. The minimum atomic E-state index is -1.04. The number of aromatic nitrogens is 3. The van der Waals surface area contributed by atoms with Crippen LogP contribution in [0.4, 0.5) is 27.3 Å². The second kappa shape index (κ2) is 20.8. The van der Waals surface area contributed by atoms with Gasteiger partial charge in [0.25, 0.3) is 17.7 Å². The number of carbonyl (C=O) groups is 7. The molecule has 19 nitrogen and oxygen atoms in total. The summed E-state index contributed by atoms with van der Waals surface area (Å²) in [4.78, 5) is 116. The minimum absolute atomic E-state index is 0.00491. The SMILES string of the molecule is Cc1cc(F)c(Nc2nc(-c3ccc4c(c3)N(C3CC(N5CCCCC5)C3)C(=O)C43CCN(C(=O)CN4CCN(c5ccc6c(c5)C(=O)N(C5CCC(=O)NC5=O)C6=O)CC4)CC3)cc3ncn(C(C)C)c23)cc1C(=O)NC(C)C. The van der Waals surface area contributed by atoms with Crippen LogP contribution in [0, 0.1) is 12.7 Å². The number of imide groups is 2. The Labute approximate surface area is 464 Å². The average Bonchev–Trinajstić information content (AvgIpc) is 4.25. The standard InChI is InChI=1S/C60H69FN12O7/c1-34(2)63-55(76)42-30-47(45(61)25-36(42)5)65-54-53-48(62-33-71(53)35(3)4)31-46(64-54)37-9-12-44-50(26-37)72(40-27-39(28-40)68-17-7-6-8-18-68)59(80)60(44)15-19-70(20-16-60)52(75)32-67-21-23-69(24-22-67)38-10-11-41-43(29-38)58(79)73(57(41)78)49-13-14-51(74)66-56(49)77/h9-12,25-26,29-31,33-35,39-40,49H,6-8,13-24,27-28,32H2,1-5H3,(H,63,76)(H,64,65)(H,66,74,77). The van der Waals surface area contributed by atoms with E-state index < -0.39 is 40.9 Å². The molecule has 80 heavy (non-hydrogen) atoms. The molecule has 3 N–H and O–H groups in total. The van der Waals surface area contributed by atoms with E-state index in [9.17, 15) is 28.8 Å². The van der Waals surface area contributed by atoms with E-state index in [0.717, 1.165) is 53.3 Å². The first-order valence-electron chi connectivity index (χ1n) is 28.5. The van der Waals surface area contributed by atoms with Gasteiger partial charge in [-0.3, -0.25) is 48.7 Å². The topological polar surface area (TPSA) is 206 Å². The maximum Gasteiger partial charge on any atom is 0.262 e. The van der Waals surface area contributed by atoms with Crippen LogP contribution in [-0.2, 0) is 24.6 Å². The highest BCUT2D eigenvalue weighted by molar-refractivity contribution is 6.24. The number of anilines is 4. The summed E-state index contributed by atoms with van der Waals surface area (Å²) < 4.78 is 17.9. The number of piperazine rings is 1. The zero-order valence-electron chi connectivity index (χ0n) is 46.1. The smallest absolute Gasteiger partial charge is 0.262 e. The summed E-state index contributed by atoms with van der Waals surface area (Å²) in [5, 5.41) is 8.43. The van der Waals surface area contributed by atoms with Gasteiger partial charge in [0.15, 0.2) is 5.82 Å². The lowest BCUT2D eigenvalue weighted by atomic mass is 9.73. The summed E-state index contributed by atoms with van der Waals surface area (Å²) in [5.74, 6) is -2.51. The van der Waals surface area contributed by atoms with Gasteiger partial charge in [0.05, 0.1) is 46.3 Å². The molecule has 7 aliphatic rings. The van der Waals surface area contributed by atoms with Crippen molar-refractivity contribution >= 4 is 75.3 Å². The number of carbonyl (C=O) groups excluding carboxylic acids is 7. The monoisotopic (exact) mass is 1090 g/mol. The zero-order valence-corrected chi connectivity index (χ0v) is 46.1. The van der Waals surface area contributed by atoms with Gasteiger partial charge in [-0.15, -0.1) is 0 Å². The molecule has 1 saturated carbocycles. The maximum atomic E-state index is 15.9. The van der Waals surface area contributed by atoms with Crippen molar-refractivity contribution in [2.75, 3.05) is 74.0 Å². The third-order valence-corrected chi connectivity index (χ3v) is 17.9. The molecule has 3 aromatic carbocycles. The molecule has 5 aromatic rings. The van der Waals surface area contributed by atoms with Gasteiger partial charge < -0.3 is 34.8 Å². The van der Waals surface area contributed by atoms with Gasteiger partial charge in [-0.25, -0.2) is 14.4 Å². The van der Waals surface area contributed by atoms with Gasteiger partial charge >= 0.3 is 0 Å². The van der Waals surface area contributed by atoms with Gasteiger partial charge in [-0.2, -0.15) is 0 Å². The first kappa shape index (κ1) is 53.1. The van der Waals surface area contributed by atoms with Crippen LogP contribution < -0.4 is 25.8 Å². The molecule has 5 fully saturated rings. The molecule has 2 aromatic heterocycles. The number of amides is 7. The van der Waals surface area contributed by atoms with E-state index in [0.29, 0.717) is 91.8 Å². The quantitative estimate of drug-likeness (QED) is 0.115. The molecule has 0 bridgehead atoms. The van der Waals surface area contributed by atoms with Crippen molar-refractivity contribution in [3.63, 3.8) is 0 Å². The number of nitrogens with one attached hydrogen (secondary N) is 3. The van der Waals surface area contributed by atoms with Crippen molar-refractivity contribution in [2.45, 2.75) is 128 Å². The number of pyridine rings is 1. The highest BCUT2D eigenvalue weighted by atomic mass is 19.1. The van der Waals surface area contributed by atoms with Crippen molar-refractivity contribution < 1.29 is 38.0 Å². The van der Waals surface area contributed by atoms with Crippen molar-refractivity contribution in [3.05, 3.63) is 94.6 Å². The molecule has 1 aliphatic carbocycles. The Morgan fingerprint density at radius 3 is 2.26 bits per heavy atom. The summed E-state index contributed by atoms with van der Waals surface area (Å²) >= 11 is 0. The second-order valence-corrected chi connectivity index (χ2v) is 23.6. The second-order valence-electron chi connectivity index (χ2n) is 23.6. The first-order chi connectivity index (χ1) is 38.5. The Hall–Kier alpha value is -7.58. The van der Waals surface area contributed by atoms with Gasteiger partial charge in [0.2, 0.25) is 23.6 Å². The van der Waals surface area contributed by atoms with Crippen molar-refractivity contribution in [1.82, 2.24) is 44.8 Å². The highest BCUT2D eigenvalue weighted by Crippen LogP contribution is 2.52. The fourth-order valence-electron chi connectivity index (χ4n) is 13.4. The molecular formula is C60H69FN12O7. The summed E-state index contributed by atoms with van der Waals surface area (Å²) in [6, 6.07) is 15.4. The molecule has 8 heterocycles. The van der Waals surface area contributed by atoms with Crippen LogP contribution in [0.25, 0.3) is 22.3 Å². The van der Waals surface area contributed by atoms with Crippen molar-refractivity contribution in [1.29, 1.82) is 0 Å². The Morgan fingerprint density at radius 2 is 1.55 bits per heavy atom. The first-order valence-corrected chi connectivity index (χ1v) is 28.5. The predicted molar refractivity (Wildman–Crippen MR) is 299 cm³/mol.